The fraction of sp³-hybridized carbons (Fsp3) is 0.267. The average molecular weight is 307 g/mol. The molecule has 18 heavy (non-hydrogen) atoms. The van der Waals surface area contributed by atoms with Crippen molar-refractivity contribution in [2.75, 3.05) is 7.11 Å². The summed E-state index contributed by atoms with van der Waals surface area (Å²) in [5.41, 5.74) is 1.46. The third-order valence-electron chi connectivity index (χ3n) is 3.31. The van der Waals surface area contributed by atoms with Crippen molar-refractivity contribution in [1.82, 2.24) is 0 Å². The van der Waals surface area contributed by atoms with Crippen LogP contribution in [0.3, 0.4) is 0 Å². The number of benzene rings is 1. The van der Waals surface area contributed by atoms with Crippen molar-refractivity contribution in [3.05, 3.63) is 52.5 Å². The van der Waals surface area contributed by atoms with Gasteiger partial charge < -0.3 is 4.74 Å². The second-order valence-electron chi connectivity index (χ2n) is 4.54. The van der Waals surface area contributed by atoms with Crippen LogP contribution in [0.1, 0.15) is 18.9 Å². The number of allylic oxidation sites excluding steroid dienone is 3. The molecule has 3 heteroatoms. The first kappa shape index (κ1) is 13.1. The van der Waals surface area contributed by atoms with Crippen LogP contribution >= 0.6 is 15.9 Å². The molecule has 2 rings (SSSR count). The molecule has 0 heterocycles. The van der Waals surface area contributed by atoms with Crippen molar-refractivity contribution < 1.29 is 9.53 Å². The Labute approximate surface area is 115 Å². The molecule has 0 amide bonds. The maximum absolute atomic E-state index is 12.0. The van der Waals surface area contributed by atoms with Gasteiger partial charge in [0.2, 0.25) is 0 Å². The highest BCUT2D eigenvalue weighted by Gasteiger charge is 2.38. The van der Waals surface area contributed by atoms with E-state index < -0.39 is 5.41 Å². The monoisotopic (exact) mass is 306 g/mol. The lowest BCUT2D eigenvalue weighted by Gasteiger charge is -2.30. The average Bonchev–Trinajstić information content (AvgIpc) is 2.39. The maximum atomic E-state index is 12.0. The first-order chi connectivity index (χ1) is 8.58. The van der Waals surface area contributed by atoms with Crippen molar-refractivity contribution in [1.29, 1.82) is 0 Å². The standard InChI is InChI=1S/C15H15BrO2/c1-15(14(17)18-2)10-4-3-5-13(15)11-6-8-12(16)9-7-11/h3-9H,10H2,1-2H3. The molecule has 0 N–H and O–H groups in total. The molecular weight excluding hydrogens is 292 g/mol. The second-order valence-corrected chi connectivity index (χ2v) is 5.46. The number of carbonyl (C=O) groups excluding carboxylic acids is 1. The van der Waals surface area contributed by atoms with Gasteiger partial charge in [0.15, 0.2) is 0 Å². The van der Waals surface area contributed by atoms with Crippen molar-refractivity contribution >= 4 is 27.5 Å². The molecule has 1 atom stereocenters. The number of esters is 1. The highest BCUT2D eigenvalue weighted by molar-refractivity contribution is 9.10. The number of hydrogen-bond acceptors (Lipinski definition) is 2. The molecule has 1 aromatic carbocycles. The quantitative estimate of drug-likeness (QED) is 0.773. The summed E-state index contributed by atoms with van der Waals surface area (Å²) >= 11 is 3.42. The van der Waals surface area contributed by atoms with Gasteiger partial charge in [-0.1, -0.05) is 46.3 Å². The molecule has 2 nitrogen and oxygen atoms in total. The maximum Gasteiger partial charge on any atom is 0.316 e. The van der Waals surface area contributed by atoms with E-state index in [0.717, 1.165) is 15.6 Å². The Morgan fingerprint density at radius 3 is 2.61 bits per heavy atom. The molecule has 0 saturated heterocycles. The van der Waals surface area contributed by atoms with E-state index in [9.17, 15) is 4.79 Å². The fourth-order valence-corrected chi connectivity index (χ4v) is 2.49. The summed E-state index contributed by atoms with van der Waals surface area (Å²) in [6.45, 7) is 1.93. The lowest BCUT2D eigenvalue weighted by atomic mass is 9.73. The molecule has 0 aromatic heterocycles. The first-order valence-electron chi connectivity index (χ1n) is 5.79. The molecular formula is C15H15BrO2. The molecule has 0 spiro atoms. The second kappa shape index (κ2) is 5.11. The molecule has 0 saturated carbocycles. The lowest BCUT2D eigenvalue weighted by Crippen LogP contribution is -2.31. The van der Waals surface area contributed by atoms with Crippen LogP contribution in [0.4, 0.5) is 0 Å². The van der Waals surface area contributed by atoms with Crippen LogP contribution < -0.4 is 0 Å². The third kappa shape index (κ3) is 2.27. The Morgan fingerprint density at radius 1 is 1.33 bits per heavy atom. The van der Waals surface area contributed by atoms with E-state index in [0.29, 0.717) is 6.42 Å². The Bertz CT molecular complexity index is 514. The number of halogens is 1. The van der Waals surface area contributed by atoms with Crippen LogP contribution in [-0.4, -0.2) is 13.1 Å². The predicted octanol–water partition coefficient (Wildman–Crippen LogP) is 3.97. The van der Waals surface area contributed by atoms with Crippen LogP contribution in [0.2, 0.25) is 0 Å². The van der Waals surface area contributed by atoms with E-state index in [1.165, 1.54) is 7.11 Å². The van der Waals surface area contributed by atoms with Crippen molar-refractivity contribution in [3.8, 4) is 0 Å². The first-order valence-corrected chi connectivity index (χ1v) is 6.59. The Balaban J connectivity index is 2.45. The van der Waals surface area contributed by atoms with Gasteiger partial charge in [0, 0.05) is 4.47 Å². The Kier molecular flexibility index (Phi) is 3.71. The van der Waals surface area contributed by atoms with Gasteiger partial charge in [-0.2, -0.15) is 0 Å². The Morgan fingerprint density at radius 2 is 2.00 bits per heavy atom. The molecule has 1 unspecified atom stereocenters. The third-order valence-corrected chi connectivity index (χ3v) is 3.84. The molecule has 0 fully saturated rings. The van der Waals surface area contributed by atoms with Crippen molar-refractivity contribution in [3.63, 3.8) is 0 Å². The SMILES string of the molecule is COC(=O)C1(C)CC=CC=C1c1ccc(Br)cc1. The van der Waals surface area contributed by atoms with E-state index in [1.54, 1.807) is 0 Å². The van der Waals surface area contributed by atoms with Gasteiger partial charge in [0.05, 0.1) is 12.5 Å². The van der Waals surface area contributed by atoms with E-state index in [1.807, 2.05) is 49.4 Å². The minimum Gasteiger partial charge on any atom is -0.468 e. The van der Waals surface area contributed by atoms with Crippen LogP contribution in [0.5, 0.6) is 0 Å². The molecule has 1 aromatic rings. The van der Waals surface area contributed by atoms with Crippen molar-refractivity contribution in [2.45, 2.75) is 13.3 Å². The summed E-state index contributed by atoms with van der Waals surface area (Å²) in [5, 5.41) is 0. The topological polar surface area (TPSA) is 26.3 Å². The van der Waals surface area contributed by atoms with Crippen LogP contribution in [0, 0.1) is 5.41 Å². The summed E-state index contributed by atoms with van der Waals surface area (Å²) in [4.78, 5) is 12.0. The van der Waals surface area contributed by atoms with E-state index in [2.05, 4.69) is 15.9 Å². The normalized spacial score (nSPS) is 22.5. The highest BCUT2D eigenvalue weighted by Crippen LogP contribution is 2.41. The minimum atomic E-state index is -0.600. The summed E-state index contributed by atoms with van der Waals surface area (Å²) in [7, 11) is 1.44. The molecule has 1 aliphatic carbocycles. The van der Waals surface area contributed by atoms with Gasteiger partial charge in [0.25, 0.3) is 0 Å². The number of rotatable bonds is 2. The zero-order valence-corrected chi connectivity index (χ0v) is 12.0. The van der Waals surface area contributed by atoms with Gasteiger partial charge in [-0.05, 0) is 36.6 Å². The van der Waals surface area contributed by atoms with Crippen LogP contribution in [0.25, 0.3) is 5.57 Å². The summed E-state index contributed by atoms with van der Waals surface area (Å²) in [6, 6.07) is 7.98. The molecule has 0 aliphatic heterocycles. The number of methoxy groups -OCH3 is 1. The van der Waals surface area contributed by atoms with E-state index >= 15 is 0 Å². The lowest BCUT2D eigenvalue weighted by molar-refractivity contribution is -0.148. The van der Waals surface area contributed by atoms with E-state index in [-0.39, 0.29) is 5.97 Å². The molecule has 1 aliphatic rings. The molecule has 94 valence electrons. The largest absolute Gasteiger partial charge is 0.468 e. The zero-order chi connectivity index (χ0) is 13.2. The molecule has 0 radical (unpaired) electrons. The molecule has 0 bridgehead atoms. The number of hydrogen-bond donors (Lipinski definition) is 0. The predicted molar refractivity (Wildman–Crippen MR) is 76.0 cm³/mol. The van der Waals surface area contributed by atoms with Crippen LogP contribution in [0.15, 0.2) is 47.0 Å². The smallest absolute Gasteiger partial charge is 0.316 e. The summed E-state index contributed by atoms with van der Waals surface area (Å²) in [6.07, 6.45) is 6.65. The van der Waals surface area contributed by atoms with Gasteiger partial charge in [-0.25, -0.2) is 0 Å². The fourth-order valence-electron chi connectivity index (χ4n) is 2.22. The van der Waals surface area contributed by atoms with E-state index in [4.69, 9.17) is 4.74 Å². The van der Waals surface area contributed by atoms with Crippen molar-refractivity contribution in [2.24, 2.45) is 5.41 Å². The van der Waals surface area contributed by atoms with Gasteiger partial charge in [0.1, 0.15) is 0 Å². The zero-order valence-electron chi connectivity index (χ0n) is 10.4. The highest BCUT2D eigenvalue weighted by atomic mass is 79.9. The van der Waals surface area contributed by atoms with Gasteiger partial charge >= 0.3 is 5.97 Å². The van der Waals surface area contributed by atoms with Crippen LogP contribution in [-0.2, 0) is 9.53 Å². The number of carbonyl (C=O) groups is 1. The van der Waals surface area contributed by atoms with Gasteiger partial charge in [-0.3, -0.25) is 4.79 Å². The summed E-state index contributed by atoms with van der Waals surface area (Å²) in [5.74, 6) is -0.194. The number of ether oxygens (including phenoxy) is 1. The van der Waals surface area contributed by atoms with Gasteiger partial charge in [-0.15, -0.1) is 0 Å². The summed E-state index contributed by atoms with van der Waals surface area (Å²) < 4.78 is 5.97. The minimum absolute atomic E-state index is 0.194. The Hall–Kier alpha value is -1.35.